The maximum Gasteiger partial charge on any atom is 0.330 e. The minimum absolute atomic E-state index is 0.0274. The molecule has 1 aromatic heterocycles. The fourth-order valence-electron chi connectivity index (χ4n) is 1.87. The molecule has 9 heteroatoms. The number of H-pyrrole nitrogens is 2. The minimum Gasteiger partial charge on any atom is -0.494 e. The van der Waals surface area contributed by atoms with Crippen LogP contribution in [-0.2, 0) is 9.53 Å². The van der Waals surface area contributed by atoms with E-state index in [-0.39, 0.29) is 18.8 Å². The third kappa shape index (κ3) is 4.13. The summed E-state index contributed by atoms with van der Waals surface area (Å²) in [5.41, 5.74) is 1.13. The topological polar surface area (TPSA) is 125 Å². The molecule has 0 aliphatic heterocycles. The van der Waals surface area contributed by atoms with Gasteiger partial charge in [-0.2, -0.15) is 0 Å². The molecule has 122 valence electrons. The van der Waals surface area contributed by atoms with E-state index in [4.69, 9.17) is 9.47 Å². The fraction of sp³-hybridized carbons (Fsp3) is 0.214. The Morgan fingerprint density at radius 1 is 1.30 bits per heavy atom. The van der Waals surface area contributed by atoms with E-state index in [0.29, 0.717) is 22.5 Å². The highest BCUT2D eigenvalue weighted by molar-refractivity contribution is 5.94. The second-order valence-corrected chi connectivity index (χ2v) is 4.43. The number of rotatable bonds is 6. The van der Waals surface area contributed by atoms with Gasteiger partial charge in [0.1, 0.15) is 12.4 Å². The van der Waals surface area contributed by atoms with Crippen LogP contribution in [0, 0.1) is 0 Å². The number of ether oxygens (including phenoxy) is 2. The van der Waals surface area contributed by atoms with Gasteiger partial charge in [-0.15, -0.1) is 0 Å². The van der Waals surface area contributed by atoms with Crippen LogP contribution in [0.2, 0.25) is 0 Å². The van der Waals surface area contributed by atoms with Crippen molar-refractivity contribution in [3.8, 4) is 5.75 Å². The quantitative estimate of drug-likeness (QED) is 0.354. The predicted molar refractivity (Wildman–Crippen MR) is 83.6 cm³/mol. The number of benzene rings is 1. The number of fused-ring (bicyclic) bond motifs is 1. The third-order valence-electron chi connectivity index (χ3n) is 2.88. The Morgan fingerprint density at radius 2 is 2.00 bits per heavy atom. The Hall–Kier alpha value is -3.23. The van der Waals surface area contributed by atoms with Crippen molar-refractivity contribution in [3.05, 3.63) is 35.3 Å². The molecule has 0 saturated heterocycles. The van der Waals surface area contributed by atoms with Crippen LogP contribution < -0.4 is 21.1 Å². The van der Waals surface area contributed by atoms with Crippen molar-refractivity contribution < 1.29 is 19.1 Å². The number of hydrogen-bond donors (Lipinski definition) is 4. The van der Waals surface area contributed by atoms with E-state index >= 15 is 0 Å². The monoisotopic (exact) mass is 320 g/mol. The Labute approximate surface area is 130 Å². The molecule has 1 aromatic carbocycles. The van der Waals surface area contributed by atoms with Gasteiger partial charge in [0, 0.05) is 12.1 Å². The average Bonchev–Trinajstić information content (AvgIpc) is 2.89. The zero-order chi connectivity index (χ0) is 16.8. The lowest BCUT2D eigenvalue weighted by Crippen LogP contribution is -2.32. The van der Waals surface area contributed by atoms with Gasteiger partial charge in [-0.05, 0) is 6.07 Å². The van der Waals surface area contributed by atoms with Crippen LogP contribution >= 0.6 is 0 Å². The summed E-state index contributed by atoms with van der Waals surface area (Å²) in [4.78, 5) is 39.1. The van der Waals surface area contributed by atoms with Crippen molar-refractivity contribution in [2.24, 2.45) is 0 Å². The fourth-order valence-corrected chi connectivity index (χ4v) is 1.87. The molecule has 0 atom stereocenters. The standard InChI is InChI=1S/C14H16N4O5/c1-3-12(19)23-5-4-15-13(20)18-10-6-8-9(7-11(10)22-2)17-14(21)16-8/h3,6-7H,1,4-5H2,2H3,(H2,15,18,20)(H2,16,17,21). The Bertz CT molecular complexity index is 792. The maximum atomic E-state index is 11.8. The SMILES string of the molecule is C=CC(=O)OCCNC(=O)Nc1cc2[nH]c(=O)[nH]c2cc1OC. The molecule has 2 aromatic rings. The van der Waals surface area contributed by atoms with Gasteiger partial charge in [0.2, 0.25) is 0 Å². The smallest absolute Gasteiger partial charge is 0.330 e. The van der Waals surface area contributed by atoms with Gasteiger partial charge in [0.05, 0.1) is 30.4 Å². The molecule has 0 aliphatic rings. The lowest BCUT2D eigenvalue weighted by Gasteiger charge is -2.11. The van der Waals surface area contributed by atoms with Crippen LogP contribution in [0.3, 0.4) is 0 Å². The molecule has 0 aliphatic carbocycles. The lowest BCUT2D eigenvalue weighted by molar-refractivity contribution is -0.137. The number of anilines is 1. The van der Waals surface area contributed by atoms with Crippen LogP contribution in [0.25, 0.3) is 11.0 Å². The van der Waals surface area contributed by atoms with Crippen molar-refractivity contribution in [1.82, 2.24) is 15.3 Å². The lowest BCUT2D eigenvalue weighted by atomic mass is 10.2. The molecule has 0 unspecified atom stereocenters. The number of amides is 2. The first kappa shape index (κ1) is 16.1. The number of esters is 1. The van der Waals surface area contributed by atoms with Crippen LogP contribution in [0.4, 0.5) is 10.5 Å². The van der Waals surface area contributed by atoms with E-state index in [1.54, 1.807) is 12.1 Å². The van der Waals surface area contributed by atoms with E-state index in [9.17, 15) is 14.4 Å². The van der Waals surface area contributed by atoms with E-state index in [2.05, 4.69) is 27.2 Å². The summed E-state index contributed by atoms with van der Waals surface area (Å²) in [5, 5.41) is 5.11. The van der Waals surface area contributed by atoms with Gasteiger partial charge >= 0.3 is 17.7 Å². The zero-order valence-electron chi connectivity index (χ0n) is 12.4. The van der Waals surface area contributed by atoms with E-state index in [1.165, 1.54) is 7.11 Å². The van der Waals surface area contributed by atoms with Crippen LogP contribution in [0.15, 0.2) is 29.6 Å². The number of carbonyl (C=O) groups excluding carboxylic acids is 2. The molecule has 0 spiro atoms. The molecule has 0 bridgehead atoms. The number of hydrogen-bond acceptors (Lipinski definition) is 5. The highest BCUT2D eigenvalue weighted by atomic mass is 16.5. The molecular weight excluding hydrogens is 304 g/mol. The van der Waals surface area contributed by atoms with Crippen molar-refractivity contribution in [1.29, 1.82) is 0 Å². The molecule has 23 heavy (non-hydrogen) atoms. The van der Waals surface area contributed by atoms with Crippen LogP contribution in [0.1, 0.15) is 0 Å². The number of aromatic nitrogens is 2. The van der Waals surface area contributed by atoms with Crippen molar-refractivity contribution in [2.75, 3.05) is 25.6 Å². The summed E-state index contributed by atoms with van der Waals surface area (Å²) < 4.78 is 9.91. The highest BCUT2D eigenvalue weighted by Crippen LogP contribution is 2.28. The first-order chi connectivity index (χ1) is 11.0. The summed E-state index contributed by atoms with van der Waals surface area (Å²) in [6.45, 7) is 3.42. The van der Waals surface area contributed by atoms with Gasteiger partial charge < -0.3 is 30.1 Å². The summed E-state index contributed by atoms with van der Waals surface area (Å²) in [6, 6.07) is 2.66. The Morgan fingerprint density at radius 3 is 2.65 bits per heavy atom. The molecular formula is C14H16N4O5. The molecule has 0 fully saturated rings. The van der Waals surface area contributed by atoms with E-state index in [0.717, 1.165) is 6.08 Å². The second-order valence-electron chi connectivity index (χ2n) is 4.43. The van der Waals surface area contributed by atoms with Crippen molar-refractivity contribution in [3.63, 3.8) is 0 Å². The van der Waals surface area contributed by atoms with Crippen LogP contribution in [0.5, 0.6) is 5.75 Å². The summed E-state index contributed by atoms with van der Waals surface area (Å²) in [5.74, 6) is -0.170. The Kier molecular flexibility index (Phi) is 5.03. The molecule has 9 nitrogen and oxygen atoms in total. The number of methoxy groups -OCH3 is 1. The molecule has 0 radical (unpaired) electrons. The molecule has 1 heterocycles. The number of urea groups is 1. The zero-order valence-corrected chi connectivity index (χ0v) is 12.4. The molecule has 2 rings (SSSR count). The highest BCUT2D eigenvalue weighted by Gasteiger charge is 2.10. The van der Waals surface area contributed by atoms with Gasteiger partial charge in [-0.3, -0.25) is 0 Å². The second kappa shape index (κ2) is 7.16. The van der Waals surface area contributed by atoms with Crippen LogP contribution in [-0.4, -0.2) is 42.2 Å². The number of imidazole rings is 1. The first-order valence-corrected chi connectivity index (χ1v) is 6.67. The van der Waals surface area contributed by atoms with E-state index in [1.807, 2.05) is 0 Å². The number of carbonyl (C=O) groups is 2. The van der Waals surface area contributed by atoms with Gasteiger partial charge in [-0.1, -0.05) is 6.58 Å². The summed E-state index contributed by atoms with van der Waals surface area (Å²) in [7, 11) is 1.45. The third-order valence-corrected chi connectivity index (χ3v) is 2.88. The first-order valence-electron chi connectivity index (χ1n) is 6.67. The minimum atomic E-state index is -0.559. The largest absolute Gasteiger partial charge is 0.494 e. The number of nitrogens with one attached hydrogen (secondary N) is 4. The summed E-state index contributed by atoms with van der Waals surface area (Å²) in [6.07, 6.45) is 1.04. The summed E-state index contributed by atoms with van der Waals surface area (Å²) >= 11 is 0. The molecule has 0 saturated carbocycles. The molecule has 2 amide bonds. The van der Waals surface area contributed by atoms with Crippen molar-refractivity contribution in [2.45, 2.75) is 0 Å². The van der Waals surface area contributed by atoms with Gasteiger partial charge in [-0.25, -0.2) is 14.4 Å². The number of aromatic amines is 2. The van der Waals surface area contributed by atoms with Crippen molar-refractivity contribution >= 4 is 28.7 Å². The van der Waals surface area contributed by atoms with Gasteiger partial charge in [0.15, 0.2) is 0 Å². The average molecular weight is 320 g/mol. The maximum absolute atomic E-state index is 11.8. The molecule has 4 N–H and O–H groups in total. The predicted octanol–water partition coefficient (Wildman–Crippen LogP) is 0.715. The van der Waals surface area contributed by atoms with E-state index < -0.39 is 12.0 Å². The normalized spacial score (nSPS) is 10.1. The van der Waals surface area contributed by atoms with Gasteiger partial charge in [0.25, 0.3) is 0 Å². The Balaban J connectivity index is 1.99.